The quantitative estimate of drug-likeness (QED) is 0.481. The number of carbonyl (C=O) groups excluding carboxylic acids is 1. The molecule has 31 heavy (non-hydrogen) atoms. The standard InChI is InChI=1S/C24H25Cl2N3OS/c1-13-6-7-16(25)10-19(13)27-23-28-22(30)21(31-23)9-15-8-17-14(2)12-24(3,4)29(5)20(17)11-18(15)26/h6-11,14H,12H2,1-5H3,(H,27,28,30)/b21-9-. The van der Waals surface area contributed by atoms with Gasteiger partial charge in [0.1, 0.15) is 0 Å². The lowest BCUT2D eigenvalue weighted by Crippen LogP contribution is -2.45. The highest BCUT2D eigenvalue weighted by molar-refractivity contribution is 8.18. The van der Waals surface area contributed by atoms with Crippen molar-refractivity contribution in [1.29, 1.82) is 0 Å². The van der Waals surface area contributed by atoms with Crippen LogP contribution in [0.4, 0.5) is 11.4 Å². The largest absolute Gasteiger partial charge is 0.369 e. The third-order valence-electron chi connectivity index (χ3n) is 6.08. The predicted molar refractivity (Wildman–Crippen MR) is 134 cm³/mol. The number of nitrogens with zero attached hydrogens (tertiary/aromatic N) is 2. The second-order valence-corrected chi connectivity index (χ2v) is 10.7. The van der Waals surface area contributed by atoms with Crippen molar-refractivity contribution in [3.8, 4) is 0 Å². The molecule has 0 radical (unpaired) electrons. The van der Waals surface area contributed by atoms with Gasteiger partial charge in [0, 0.05) is 28.3 Å². The van der Waals surface area contributed by atoms with Gasteiger partial charge in [0.25, 0.3) is 5.91 Å². The van der Waals surface area contributed by atoms with Crippen LogP contribution in [0, 0.1) is 6.92 Å². The molecule has 2 heterocycles. The highest BCUT2D eigenvalue weighted by Crippen LogP contribution is 2.45. The summed E-state index contributed by atoms with van der Waals surface area (Å²) in [5, 5.41) is 4.61. The maximum absolute atomic E-state index is 12.6. The lowest BCUT2D eigenvalue weighted by molar-refractivity contribution is -0.115. The molecule has 2 aromatic carbocycles. The fourth-order valence-corrected chi connectivity index (χ4v) is 5.35. The van der Waals surface area contributed by atoms with Gasteiger partial charge in [-0.15, -0.1) is 0 Å². The van der Waals surface area contributed by atoms with Crippen LogP contribution in [-0.2, 0) is 4.79 Å². The average molecular weight is 474 g/mol. The molecule has 1 saturated heterocycles. The van der Waals surface area contributed by atoms with Gasteiger partial charge in [-0.05, 0) is 91.9 Å². The number of nitrogens with one attached hydrogen (secondary N) is 1. The average Bonchev–Trinajstić information content (AvgIpc) is 3.03. The monoisotopic (exact) mass is 473 g/mol. The summed E-state index contributed by atoms with van der Waals surface area (Å²) in [6.45, 7) is 8.70. The number of aryl methyl sites for hydroxylation is 1. The first-order valence-corrected chi connectivity index (χ1v) is 11.8. The summed E-state index contributed by atoms with van der Waals surface area (Å²) in [6, 6.07) is 9.65. The van der Waals surface area contributed by atoms with Gasteiger partial charge in [-0.3, -0.25) is 4.79 Å². The summed E-state index contributed by atoms with van der Waals surface area (Å²) >= 11 is 14.0. The highest BCUT2D eigenvalue weighted by Gasteiger charge is 2.34. The molecular formula is C24H25Cl2N3OS. The Hall–Kier alpha value is -1.95. The van der Waals surface area contributed by atoms with Crippen molar-refractivity contribution in [3.63, 3.8) is 0 Å². The zero-order chi connectivity index (χ0) is 22.5. The second-order valence-electron chi connectivity index (χ2n) is 8.82. The van der Waals surface area contributed by atoms with E-state index in [0.717, 1.165) is 28.9 Å². The Bertz CT molecular complexity index is 1140. The van der Waals surface area contributed by atoms with Crippen LogP contribution in [0.5, 0.6) is 0 Å². The molecule has 4 nitrogen and oxygen atoms in total. The van der Waals surface area contributed by atoms with Crippen LogP contribution in [-0.4, -0.2) is 23.7 Å². The van der Waals surface area contributed by atoms with Gasteiger partial charge in [0.15, 0.2) is 5.17 Å². The summed E-state index contributed by atoms with van der Waals surface area (Å²) in [7, 11) is 2.11. The molecular weight excluding hydrogens is 449 g/mol. The smallest absolute Gasteiger partial charge is 0.264 e. The number of rotatable bonds is 2. The molecule has 0 spiro atoms. The van der Waals surface area contributed by atoms with Gasteiger partial charge in [-0.1, -0.05) is 36.2 Å². The normalized spacial score (nSPS) is 22.7. The molecule has 1 N–H and O–H groups in total. The van der Waals surface area contributed by atoms with E-state index in [-0.39, 0.29) is 11.4 Å². The highest BCUT2D eigenvalue weighted by atomic mass is 35.5. The number of thioether (sulfide) groups is 1. The lowest BCUT2D eigenvalue weighted by Gasteiger charge is -2.45. The molecule has 2 aromatic rings. The molecule has 0 saturated carbocycles. The van der Waals surface area contributed by atoms with Crippen molar-refractivity contribution in [1.82, 2.24) is 5.32 Å². The van der Waals surface area contributed by atoms with E-state index in [9.17, 15) is 4.79 Å². The number of carbonyl (C=O) groups is 1. The van der Waals surface area contributed by atoms with Crippen LogP contribution in [0.15, 0.2) is 40.2 Å². The van der Waals surface area contributed by atoms with Crippen molar-refractivity contribution in [2.45, 2.75) is 45.6 Å². The first kappa shape index (κ1) is 22.3. The predicted octanol–water partition coefficient (Wildman–Crippen LogP) is 6.92. The molecule has 1 atom stereocenters. The van der Waals surface area contributed by atoms with Gasteiger partial charge in [-0.2, -0.15) is 0 Å². The number of fused-ring (bicyclic) bond motifs is 1. The van der Waals surface area contributed by atoms with E-state index in [0.29, 0.717) is 26.0 Å². The van der Waals surface area contributed by atoms with E-state index >= 15 is 0 Å². The van der Waals surface area contributed by atoms with E-state index in [1.54, 1.807) is 6.07 Å². The number of amides is 1. The minimum atomic E-state index is -0.177. The second kappa shape index (κ2) is 8.19. The molecule has 2 aliphatic rings. The van der Waals surface area contributed by atoms with Crippen LogP contribution in [0.1, 0.15) is 49.8 Å². The van der Waals surface area contributed by atoms with Crippen molar-refractivity contribution >= 4 is 63.5 Å². The number of amidine groups is 1. The van der Waals surface area contributed by atoms with Gasteiger partial charge >= 0.3 is 0 Å². The molecule has 4 rings (SSSR count). The van der Waals surface area contributed by atoms with Crippen molar-refractivity contribution < 1.29 is 4.79 Å². The molecule has 2 aliphatic heterocycles. The molecule has 1 fully saturated rings. The summed E-state index contributed by atoms with van der Waals surface area (Å²) < 4.78 is 0. The van der Waals surface area contributed by atoms with E-state index < -0.39 is 0 Å². The maximum atomic E-state index is 12.6. The van der Waals surface area contributed by atoms with Crippen LogP contribution in [0.3, 0.4) is 0 Å². The number of hydrogen-bond donors (Lipinski definition) is 1. The Morgan fingerprint density at radius 1 is 1.26 bits per heavy atom. The fraction of sp³-hybridized carbons (Fsp3) is 0.333. The molecule has 7 heteroatoms. The van der Waals surface area contributed by atoms with Gasteiger partial charge < -0.3 is 10.2 Å². The van der Waals surface area contributed by atoms with Crippen molar-refractivity contribution in [2.24, 2.45) is 4.99 Å². The van der Waals surface area contributed by atoms with Gasteiger partial charge in [-0.25, -0.2) is 4.99 Å². The van der Waals surface area contributed by atoms with Crippen LogP contribution >= 0.6 is 35.0 Å². The van der Waals surface area contributed by atoms with Gasteiger partial charge in [0.05, 0.1) is 10.6 Å². The Morgan fingerprint density at radius 3 is 2.74 bits per heavy atom. The third kappa shape index (κ3) is 4.36. The fourth-order valence-electron chi connectivity index (χ4n) is 4.15. The molecule has 0 aliphatic carbocycles. The zero-order valence-corrected chi connectivity index (χ0v) is 20.5. The summed E-state index contributed by atoms with van der Waals surface area (Å²) in [6.07, 6.45) is 2.90. The van der Waals surface area contributed by atoms with E-state index in [2.05, 4.69) is 49.1 Å². The van der Waals surface area contributed by atoms with Crippen LogP contribution in [0.25, 0.3) is 6.08 Å². The van der Waals surface area contributed by atoms with Gasteiger partial charge in [0.2, 0.25) is 0 Å². The summed E-state index contributed by atoms with van der Waals surface area (Å²) in [5.41, 5.74) is 5.05. The van der Waals surface area contributed by atoms with E-state index in [4.69, 9.17) is 23.2 Å². The molecule has 1 unspecified atom stereocenters. The first-order chi connectivity index (χ1) is 14.5. The lowest BCUT2D eigenvalue weighted by atomic mass is 9.80. The topological polar surface area (TPSA) is 44.7 Å². The number of aliphatic imine (C=N–C) groups is 1. The molecule has 0 bridgehead atoms. The Kier molecular flexibility index (Phi) is 5.88. The number of hydrogen-bond acceptors (Lipinski definition) is 4. The Morgan fingerprint density at radius 2 is 2.00 bits per heavy atom. The number of halogens is 2. The molecule has 162 valence electrons. The maximum Gasteiger partial charge on any atom is 0.264 e. The van der Waals surface area contributed by atoms with Crippen LogP contribution < -0.4 is 10.2 Å². The first-order valence-electron chi connectivity index (χ1n) is 10.2. The van der Waals surface area contributed by atoms with Crippen LogP contribution in [0.2, 0.25) is 10.0 Å². The SMILES string of the molecule is Cc1ccc(Cl)cc1N=C1NC(=O)/C(=C/c2cc3c(cc2Cl)N(C)C(C)(C)CC3C)S1. The minimum absolute atomic E-state index is 0.0702. The van der Waals surface area contributed by atoms with Crippen molar-refractivity contribution in [2.75, 3.05) is 11.9 Å². The van der Waals surface area contributed by atoms with E-state index in [1.165, 1.54) is 17.3 Å². The third-order valence-corrected chi connectivity index (χ3v) is 7.55. The molecule has 0 aromatic heterocycles. The van der Waals surface area contributed by atoms with E-state index in [1.807, 2.05) is 31.2 Å². The Balaban J connectivity index is 1.67. The number of benzene rings is 2. The Labute approximate surface area is 197 Å². The minimum Gasteiger partial charge on any atom is -0.369 e. The number of anilines is 1. The zero-order valence-electron chi connectivity index (χ0n) is 18.2. The molecule has 1 amide bonds. The van der Waals surface area contributed by atoms with Crippen molar-refractivity contribution in [3.05, 3.63) is 62.0 Å². The summed E-state index contributed by atoms with van der Waals surface area (Å²) in [5.74, 6) is 0.229. The summed E-state index contributed by atoms with van der Waals surface area (Å²) in [4.78, 5) is 20.0.